The first-order valence-electron chi connectivity index (χ1n) is 5.51. The van der Waals surface area contributed by atoms with Gasteiger partial charge in [-0.1, -0.05) is 6.92 Å². The maximum atomic E-state index is 10.1. The predicted molar refractivity (Wildman–Crippen MR) is 58.0 cm³/mol. The van der Waals surface area contributed by atoms with E-state index in [0.717, 1.165) is 0 Å². The summed E-state index contributed by atoms with van der Waals surface area (Å²) in [6, 6.07) is 0. The summed E-state index contributed by atoms with van der Waals surface area (Å²) in [5.74, 6) is -0.00917. The van der Waals surface area contributed by atoms with Crippen LogP contribution in [0.4, 0.5) is 0 Å². The second kappa shape index (κ2) is 3.82. The molecule has 5 heteroatoms. The fraction of sp³-hybridized carbons (Fsp3) is 1.00. The zero-order valence-electron chi connectivity index (χ0n) is 9.77. The van der Waals surface area contributed by atoms with Gasteiger partial charge in [0, 0.05) is 5.92 Å². The molecule has 5 atom stereocenters. The molecule has 88 valence electrons. The highest BCUT2D eigenvalue weighted by atomic mass is 28.4. The Balaban J connectivity index is 2.09. The van der Waals surface area contributed by atoms with Gasteiger partial charge in [0.15, 0.2) is 14.6 Å². The summed E-state index contributed by atoms with van der Waals surface area (Å²) in [5, 5.41) is 10.1. The van der Waals surface area contributed by atoms with Crippen LogP contribution in [0.3, 0.4) is 0 Å². The van der Waals surface area contributed by atoms with Gasteiger partial charge in [-0.15, -0.1) is 0 Å². The maximum Gasteiger partial charge on any atom is 0.184 e. The van der Waals surface area contributed by atoms with Crippen molar-refractivity contribution < 1.29 is 19.0 Å². The molecule has 15 heavy (non-hydrogen) atoms. The number of hydrogen-bond donors (Lipinski definition) is 1. The minimum Gasteiger partial charge on any atom is -0.409 e. The fourth-order valence-electron chi connectivity index (χ4n) is 2.12. The van der Waals surface area contributed by atoms with Crippen molar-refractivity contribution >= 4 is 8.32 Å². The Kier molecular flexibility index (Phi) is 2.94. The van der Waals surface area contributed by atoms with E-state index >= 15 is 0 Å². The molecule has 0 aromatic heterocycles. The topological polar surface area (TPSA) is 47.9 Å². The Morgan fingerprint density at radius 1 is 1.33 bits per heavy atom. The van der Waals surface area contributed by atoms with E-state index in [2.05, 4.69) is 19.6 Å². The summed E-state index contributed by atoms with van der Waals surface area (Å²) in [6.45, 7) is 8.84. The second-order valence-corrected chi connectivity index (χ2v) is 9.88. The summed E-state index contributed by atoms with van der Waals surface area (Å²) in [5.41, 5.74) is 0. The molecule has 0 aromatic carbocycles. The van der Waals surface area contributed by atoms with E-state index in [4.69, 9.17) is 13.9 Å². The molecule has 0 saturated carbocycles. The minimum atomic E-state index is -1.65. The largest absolute Gasteiger partial charge is 0.409 e. The Morgan fingerprint density at radius 2 is 2.00 bits per heavy atom. The van der Waals surface area contributed by atoms with E-state index in [9.17, 15) is 5.11 Å². The van der Waals surface area contributed by atoms with Crippen molar-refractivity contribution in [3.63, 3.8) is 0 Å². The monoisotopic (exact) mass is 232 g/mol. The summed E-state index contributed by atoms with van der Waals surface area (Å²) in [6.07, 6.45) is -1.02. The van der Waals surface area contributed by atoms with E-state index in [1.165, 1.54) is 0 Å². The number of rotatable bonds is 2. The van der Waals surface area contributed by atoms with Gasteiger partial charge in [0.1, 0.15) is 6.10 Å². The zero-order valence-corrected chi connectivity index (χ0v) is 10.8. The van der Waals surface area contributed by atoms with Crippen LogP contribution in [0.25, 0.3) is 0 Å². The molecule has 2 aliphatic rings. The van der Waals surface area contributed by atoms with Crippen molar-refractivity contribution in [2.75, 3.05) is 6.61 Å². The molecule has 0 unspecified atom stereocenters. The Labute approximate surface area is 91.7 Å². The molecule has 0 spiro atoms. The Hall–Kier alpha value is 0.0569. The first-order valence-corrected chi connectivity index (χ1v) is 8.92. The average molecular weight is 232 g/mol. The first-order chi connectivity index (χ1) is 6.88. The lowest BCUT2D eigenvalue weighted by Gasteiger charge is -2.39. The summed E-state index contributed by atoms with van der Waals surface area (Å²) >= 11 is 0. The summed E-state index contributed by atoms with van der Waals surface area (Å²) in [4.78, 5) is 0. The maximum absolute atomic E-state index is 10.1. The fourth-order valence-corrected chi connectivity index (χ4v) is 3.23. The van der Waals surface area contributed by atoms with Gasteiger partial charge in [-0.2, -0.15) is 0 Å². The minimum absolute atomic E-state index is 0.00917. The zero-order chi connectivity index (χ0) is 11.2. The molecule has 2 rings (SSSR count). The van der Waals surface area contributed by atoms with Crippen LogP contribution < -0.4 is 0 Å². The van der Waals surface area contributed by atoms with Gasteiger partial charge in [0.05, 0.1) is 18.8 Å². The molecule has 4 nitrogen and oxygen atoms in total. The summed E-state index contributed by atoms with van der Waals surface area (Å²) in [7, 11) is -1.65. The highest BCUT2D eigenvalue weighted by Crippen LogP contribution is 2.34. The van der Waals surface area contributed by atoms with Crippen molar-refractivity contribution in [2.45, 2.75) is 51.2 Å². The number of hydrogen-bond acceptors (Lipinski definition) is 4. The number of aliphatic hydroxyl groups is 1. The Bertz CT molecular complexity index is 240. The van der Waals surface area contributed by atoms with Crippen LogP contribution in [0.5, 0.6) is 0 Å². The van der Waals surface area contributed by atoms with Gasteiger partial charge in [-0.05, 0) is 19.6 Å². The standard InChI is InChI=1S/C10H20O4Si/c1-6-8(11)9(14-15(2,3)4)7-5-12-10(6)13-7/h6-11H,5H2,1-4H3/t6-,7-,8-,9-,10-/m1/s1. The molecule has 2 aliphatic heterocycles. The average Bonchev–Trinajstić information content (AvgIpc) is 2.54. The van der Waals surface area contributed by atoms with Gasteiger partial charge in [0.2, 0.25) is 0 Å². The SMILES string of the molecule is C[C@H]1[C@@H]2OC[C@@H](O2)[C@@H](O[Si](C)(C)C)[C@@H]1O. The molecule has 0 aliphatic carbocycles. The van der Waals surface area contributed by atoms with Crippen LogP contribution >= 0.6 is 0 Å². The van der Waals surface area contributed by atoms with Gasteiger partial charge < -0.3 is 19.0 Å². The van der Waals surface area contributed by atoms with Crippen LogP contribution in [0, 0.1) is 5.92 Å². The molecule has 0 amide bonds. The van der Waals surface area contributed by atoms with Crippen LogP contribution in [-0.2, 0) is 13.9 Å². The second-order valence-electron chi connectivity index (χ2n) is 5.42. The highest BCUT2D eigenvalue weighted by Gasteiger charge is 2.49. The number of aliphatic hydroxyl groups excluding tert-OH is 1. The third-order valence-electron chi connectivity index (χ3n) is 2.89. The third-order valence-corrected chi connectivity index (χ3v) is 3.87. The lowest BCUT2D eigenvalue weighted by molar-refractivity contribution is -0.194. The van der Waals surface area contributed by atoms with Crippen LogP contribution in [-0.4, -0.2) is 44.6 Å². The van der Waals surface area contributed by atoms with Crippen LogP contribution in [0.2, 0.25) is 19.6 Å². The normalized spacial score (nSPS) is 45.8. The quantitative estimate of drug-likeness (QED) is 0.720. The number of fused-ring (bicyclic) bond motifs is 2. The molecule has 2 fully saturated rings. The van der Waals surface area contributed by atoms with E-state index < -0.39 is 14.4 Å². The molecule has 1 N–H and O–H groups in total. The highest BCUT2D eigenvalue weighted by molar-refractivity contribution is 6.69. The summed E-state index contributed by atoms with van der Waals surface area (Å²) < 4.78 is 17.1. The van der Waals surface area contributed by atoms with Crippen molar-refractivity contribution in [1.29, 1.82) is 0 Å². The smallest absolute Gasteiger partial charge is 0.184 e. The van der Waals surface area contributed by atoms with Crippen molar-refractivity contribution in [3.8, 4) is 0 Å². The molecule has 2 heterocycles. The van der Waals surface area contributed by atoms with E-state index in [1.807, 2.05) is 6.92 Å². The van der Waals surface area contributed by atoms with E-state index in [-0.39, 0.29) is 24.4 Å². The van der Waals surface area contributed by atoms with Gasteiger partial charge in [0.25, 0.3) is 0 Å². The molecule has 2 bridgehead atoms. The lowest BCUT2D eigenvalue weighted by Crippen LogP contribution is -2.54. The van der Waals surface area contributed by atoms with Gasteiger partial charge >= 0.3 is 0 Å². The van der Waals surface area contributed by atoms with Crippen LogP contribution in [0.15, 0.2) is 0 Å². The molecular weight excluding hydrogens is 212 g/mol. The van der Waals surface area contributed by atoms with E-state index in [1.54, 1.807) is 0 Å². The van der Waals surface area contributed by atoms with Crippen molar-refractivity contribution in [1.82, 2.24) is 0 Å². The first kappa shape index (κ1) is 11.5. The van der Waals surface area contributed by atoms with Gasteiger partial charge in [-0.25, -0.2) is 0 Å². The molecule has 0 aromatic rings. The third kappa shape index (κ3) is 2.26. The van der Waals surface area contributed by atoms with Gasteiger partial charge in [-0.3, -0.25) is 0 Å². The molecule has 0 radical (unpaired) electrons. The number of ether oxygens (including phenoxy) is 2. The molecular formula is C10H20O4Si. The Morgan fingerprint density at radius 3 is 2.60 bits per heavy atom. The predicted octanol–water partition coefficient (Wildman–Crippen LogP) is 0.959. The van der Waals surface area contributed by atoms with Crippen molar-refractivity contribution in [2.24, 2.45) is 5.92 Å². The van der Waals surface area contributed by atoms with E-state index in [0.29, 0.717) is 6.61 Å². The van der Waals surface area contributed by atoms with Crippen LogP contribution in [0.1, 0.15) is 6.92 Å². The lowest BCUT2D eigenvalue weighted by atomic mass is 9.94. The van der Waals surface area contributed by atoms with Crippen molar-refractivity contribution in [3.05, 3.63) is 0 Å². The molecule has 2 saturated heterocycles.